The minimum Gasteiger partial charge on any atom is -0.315 e. The third kappa shape index (κ3) is 6.39. The predicted octanol–water partition coefficient (Wildman–Crippen LogP) is 1.79. The van der Waals surface area contributed by atoms with Crippen LogP contribution in [0.1, 0.15) is 39.0 Å². The first-order valence-corrected chi connectivity index (χ1v) is 7.33. The van der Waals surface area contributed by atoms with E-state index in [9.17, 15) is 0 Å². The standard InChI is InChI=1S/C14H31N3/c1-4-9-15-13-14-8-5-6-11-17(14)12-7-10-16(2)3/h14-15H,4-13H2,1-3H3. The molecule has 1 rings (SSSR count). The average Bonchev–Trinajstić information content (AvgIpc) is 2.31. The second-order valence-corrected chi connectivity index (χ2v) is 5.55. The maximum atomic E-state index is 3.58. The van der Waals surface area contributed by atoms with E-state index in [-0.39, 0.29) is 0 Å². The lowest BCUT2D eigenvalue weighted by Gasteiger charge is -2.36. The van der Waals surface area contributed by atoms with Crippen LogP contribution in [0, 0.1) is 0 Å². The van der Waals surface area contributed by atoms with Crippen LogP contribution in [0.3, 0.4) is 0 Å². The zero-order valence-corrected chi connectivity index (χ0v) is 12.0. The monoisotopic (exact) mass is 241 g/mol. The average molecular weight is 241 g/mol. The fourth-order valence-electron chi connectivity index (χ4n) is 2.62. The smallest absolute Gasteiger partial charge is 0.0220 e. The van der Waals surface area contributed by atoms with Gasteiger partial charge >= 0.3 is 0 Å². The van der Waals surface area contributed by atoms with E-state index >= 15 is 0 Å². The van der Waals surface area contributed by atoms with Gasteiger partial charge in [0.05, 0.1) is 0 Å². The van der Waals surface area contributed by atoms with Crippen LogP contribution >= 0.6 is 0 Å². The fourth-order valence-corrected chi connectivity index (χ4v) is 2.62. The zero-order valence-electron chi connectivity index (χ0n) is 12.0. The molecule has 1 N–H and O–H groups in total. The Balaban J connectivity index is 2.22. The lowest BCUT2D eigenvalue weighted by atomic mass is 10.0. The molecular formula is C14H31N3. The summed E-state index contributed by atoms with van der Waals surface area (Å²) in [5.74, 6) is 0. The van der Waals surface area contributed by atoms with Crippen LogP contribution < -0.4 is 5.32 Å². The summed E-state index contributed by atoms with van der Waals surface area (Å²) in [6, 6.07) is 0.789. The molecule has 0 aromatic rings. The molecule has 1 aliphatic heterocycles. The SMILES string of the molecule is CCCNCC1CCCCN1CCCN(C)C. The Morgan fingerprint density at radius 3 is 2.82 bits per heavy atom. The van der Waals surface area contributed by atoms with Crippen molar-refractivity contribution >= 4 is 0 Å². The topological polar surface area (TPSA) is 18.5 Å². The van der Waals surface area contributed by atoms with Crippen LogP contribution in [-0.4, -0.2) is 62.7 Å². The summed E-state index contributed by atoms with van der Waals surface area (Å²) in [7, 11) is 4.33. The largest absolute Gasteiger partial charge is 0.315 e. The predicted molar refractivity (Wildman–Crippen MR) is 75.5 cm³/mol. The van der Waals surface area contributed by atoms with Gasteiger partial charge < -0.3 is 10.2 Å². The molecule has 0 saturated carbocycles. The van der Waals surface area contributed by atoms with Crippen LogP contribution in [0.15, 0.2) is 0 Å². The molecule has 0 spiro atoms. The van der Waals surface area contributed by atoms with Gasteiger partial charge in [0, 0.05) is 12.6 Å². The normalized spacial score (nSPS) is 22.2. The quantitative estimate of drug-likeness (QED) is 0.654. The molecule has 0 aliphatic carbocycles. The molecule has 102 valence electrons. The van der Waals surface area contributed by atoms with Gasteiger partial charge in [-0.1, -0.05) is 13.3 Å². The molecule has 3 nitrogen and oxygen atoms in total. The molecule has 3 heteroatoms. The van der Waals surface area contributed by atoms with E-state index in [0.717, 1.165) is 6.04 Å². The van der Waals surface area contributed by atoms with Crippen LogP contribution in [-0.2, 0) is 0 Å². The highest BCUT2D eigenvalue weighted by Gasteiger charge is 2.21. The fraction of sp³-hybridized carbons (Fsp3) is 1.00. The van der Waals surface area contributed by atoms with Crippen molar-refractivity contribution in [2.75, 3.05) is 46.8 Å². The second-order valence-electron chi connectivity index (χ2n) is 5.55. The van der Waals surface area contributed by atoms with E-state index in [1.807, 2.05) is 0 Å². The van der Waals surface area contributed by atoms with Crippen molar-refractivity contribution < 1.29 is 0 Å². The third-order valence-electron chi connectivity index (χ3n) is 3.61. The van der Waals surface area contributed by atoms with Gasteiger partial charge in [-0.15, -0.1) is 0 Å². The molecule has 17 heavy (non-hydrogen) atoms. The minimum atomic E-state index is 0.789. The lowest BCUT2D eigenvalue weighted by molar-refractivity contribution is 0.140. The van der Waals surface area contributed by atoms with Crippen molar-refractivity contribution in [3.8, 4) is 0 Å². The maximum absolute atomic E-state index is 3.58. The molecule has 1 atom stereocenters. The highest BCUT2D eigenvalue weighted by Crippen LogP contribution is 2.16. The van der Waals surface area contributed by atoms with Gasteiger partial charge in [-0.3, -0.25) is 4.90 Å². The molecule has 1 heterocycles. The summed E-state index contributed by atoms with van der Waals surface area (Å²) < 4.78 is 0. The Labute approximate surface area is 108 Å². The number of nitrogens with zero attached hydrogens (tertiary/aromatic N) is 2. The van der Waals surface area contributed by atoms with Crippen molar-refractivity contribution in [1.82, 2.24) is 15.1 Å². The molecular weight excluding hydrogens is 210 g/mol. The van der Waals surface area contributed by atoms with Gasteiger partial charge in [-0.25, -0.2) is 0 Å². The first kappa shape index (κ1) is 14.9. The van der Waals surface area contributed by atoms with Gasteiger partial charge in [-0.05, 0) is 66.0 Å². The Bertz CT molecular complexity index is 182. The Hall–Kier alpha value is -0.120. The van der Waals surface area contributed by atoms with E-state index in [2.05, 4.69) is 36.1 Å². The first-order valence-electron chi connectivity index (χ1n) is 7.33. The van der Waals surface area contributed by atoms with Crippen LogP contribution in [0.25, 0.3) is 0 Å². The Kier molecular flexibility index (Phi) is 7.82. The number of likely N-dealkylation sites (tertiary alicyclic amines) is 1. The molecule has 1 saturated heterocycles. The molecule has 0 amide bonds. The molecule has 0 radical (unpaired) electrons. The summed E-state index contributed by atoms with van der Waals surface area (Å²) in [6.45, 7) is 8.40. The lowest BCUT2D eigenvalue weighted by Crippen LogP contribution is -2.46. The summed E-state index contributed by atoms with van der Waals surface area (Å²) in [6.07, 6.45) is 6.75. The van der Waals surface area contributed by atoms with E-state index in [1.165, 1.54) is 64.8 Å². The summed E-state index contributed by atoms with van der Waals surface area (Å²) in [4.78, 5) is 4.99. The van der Waals surface area contributed by atoms with Crippen molar-refractivity contribution in [1.29, 1.82) is 0 Å². The maximum Gasteiger partial charge on any atom is 0.0220 e. The number of hydrogen-bond acceptors (Lipinski definition) is 3. The Morgan fingerprint density at radius 1 is 1.29 bits per heavy atom. The number of hydrogen-bond donors (Lipinski definition) is 1. The molecule has 0 aromatic heterocycles. The van der Waals surface area contributed by atoms with E-state index < -0.39 is 0 Å². The minimum absolute atomic E-state index is 0.789. The second kappa shape index (κ2) is 8.90. The van der Waals surface area contributed by atoms with Gasteiger partial charge in [0.2, 0.25) is 0 Å². The van der Waals surface area contributed by atoms with E-state index in [4.69, 9.17) is 0 Å². The van der Waals surface area contributed by atoms with Crippen molar-refractivity contribution in [2.24, 2.45) is 0 Å². The van der Waals surface area contributed by atoms with Gasteiger partial charge in [0.25, 0.3) is 0 Å². The first-order chi connectivity index (χ1) is 8.24. The summed E-state index contributed by atoms with van der Waals surface area (Å²) in [5.41, 5.74) is 0. The zero-order chi connectivity index (χ0) is 12.5. The van der Waals surface area contributed by atoms with Crippen LogP contribution in [0.5, 0.6) is 0 Å². The van der Waals surface area contributed by atoms with Crippen LogP contribution in [0.2, 0.25) is 0 Å². The van der Waals surface area contributed by atoms with E-state index in [0.29, 0.717) is 0 Å². The molecule has 0 aromatic carbocycles. The van der Waals surface area contributed by atoms with Crippen molar-refractivity contribution in [3.63, 3.8) is 0 Å². The number of piperidine rings is 1. The Morgan fingerprint density at radius 2 is 2.12 bits per heavy atom. The molecule has 0 bridgehead atoms. The van der Waals surface area contributed by atoms with Gasteiger partial charge in [0.15, 0.2) is 0 Å². The van der Waals surface area contributed by atoms with Crippen LogP contribution in [0.4, 0.5) is 0 Å². The van der Waals surface area contributed by atoms with Crippen molar-refractivity contribution in [3.05, 3.63) is 0 Å². The molecule has 1 unspecified atom stereocenters. The molecule has 1 fully saturated rings. The van der Waals surface area contributed by atoms with Gasteiger partial charge in [0.1, 0.15) is 0 Å². The van der Waals surface area contributed by atoms with E-state index in [1.54, 1.807) is 0 Å². The van der Waals surface area contributed by atoms with Crippen molar-refractivity contribution in [2.45, 2.75) is 45.1 Å². The van der Waals surface area contributed by atoms with Gasteiger partial charge in [-0.2, -0.15) is 0 Å². The highest BCUT2D eigenvalue weighted by molar-refractivity contribution is 4.78. The number of nitrogens with one attached hydrogen (secondary N) is 1. The number of rotatable bonds is 8. The summed E-state index contributed by atoms with van der Waals surface area (Å²) in [5, 5.41) is 3.58. The highest BCUT2D eigenvalue weighted by atomic mass is 15.2. The summed E-state index contributed by atoms with van der Waals surface area (Å²) >= 11 is 0. The molecule has 1 aliphatic rings. The third-order valence-corrected chi connectivity index (χ3v) is 3.61.